The van der Waals surface area contributed by atoms with Gasteiger partial charge in [0.05, 0.1) is 13.2 Å². The standard InChI is InChI=1S/C12H26O5P/c1-6-9-10-12(11(4)14-5)17-18(13,15-7-2)16-8-3/h12H,6-10H2,1-5H3. The molecule has 0 aromatic carbocycles. The number of hydrogen-bond donors (Lipinski definition) is 0. The lowest BCUT2D eigenvalue weighted by molar-refractivity contribution is 0.0383. The molecular weight excluding hydrogens is 255 g/mol. The minimum absolute atomic E-state index is 0.282. The molecule has 0 N–H and O–H groups in total. The molecule has 0 aliphatic heterocycles. The normalized spacial score (nSPS) is 14.1. The molecule has 0 aromatic heterocycles. The van der Waals surface area contributed by atoms with Crippen LogP contribution < -0.4 is 0 Å². The van der Waals surface area contributed by atoms with Crippen LogP contribution in [0.3, 0.4) is 0 Å². The Morgan fingerprint density at radius 1 is 1.17 bits per heavy atom. The SMILES string of the molecule is CCCCC(OP(=O)(OCC)OCC)[C](C)OC. The highest BCUT2D eigenvalue weighted by molar-refractivity contribution is 7.48. The lowest BCUT2D eigenvalue weighted by atomic mass is 10.1. The van der Waals surface area contributed by atoms with Crippen LogP contribution in [0.25, 0.3) is 0 Å². The van der Waals surface area contributed by atoms with Crippen LogP contribution in [0, 0.1) is 6.10 Å². The van der Waals surface area contributed by atoms with Crippen molar-refractivity contribution >= 4 is 7.82 Å². The summed E-state index contributed by atoms with van der Waals surface area (Å²) in [7, 11) is -1.91. The first-order valence-corrected chi connectivity index (χ1v) is 7.93. The fourth-order valence-electron chi connectivity index (χ4n) is 1.42. The minimum atomic E-state index is -3.48. The van der Waals surface area contributed by atoms with E-state index in [4.69, 9.17) is 18.3 Å². The molecule has 5 nitrogen and oxygen atoms in total. The summed E-state index contributed by atoms with van der Waals surface area (Å²) in [5.74, 6) is 0. The molecule has 1 radical (unpaired) electrons. The molecule has 0 aliphatic carbocycles. The maximum atomic E-state index is 12.3. The van der Waals surface area contributed by atoms with Gasteiger partial charge >= 0.3 is 7.82 Å². The van der Waals surface area contributed by atoms with Crippen molar-refractivity contribution in [1.29, 1.82) is 0 Å². The Kier molecular flexibility index (Phi) is 9.97. The second-order valence-electron chi connectivity index (χ2n) is 3.83. The monoisotopic (exact) mass is 281 g/mol. The largest absolute Gasteiger partial charge is 0.475 e. The van der Waals surface area contributed by atoms with Gasteiger partial charge in [0.25, 0.3) is 0 Å². The third-order valence-corrected chi connectivity index (χ3v) is 4.09. The number of ether oxygens (including phenoxy) is 1. The Morgan fingerprint density at radius 2 is 1.72 bits per heavy atom. The maximum absolute atomic E-state index is 12.3. The summed E-state index contributed by atoms with van der Waals surface area (Å²) < 4.78 is 33.2. The number of unbranched alkanes of at least 4 members (excludes halogenated alkanes) is 1. The molecule has 1 unspecified atom stereocenters. The lowest BCUT2D eigenvalue weighted by Crippen LogP contribution is -2.21. The fraction of sp³-hybridized carbons (Fsp3) is 0.917. The van der Waals surface area contributed by atoms with Crippen molar-refractivity contribution in [2.75, 3.05) is 20.3 Å². The molecule has 0 saturated heterocycles. The Balaban J connectivity index is 4.62. The zero-order valence-electron chi connectivity index (χ0n) is 12.1. The zero-order chi connectivity index (χ0) is 14.0. The Hall–Kier alpha value is 0.0700. The molecule has 0 fully saturated rings. The molecular formula is C12H26O5P. The van der Waals surface area contributed by atoms with Crippen molar-refractivity contribution in [3.8, 4) is 0 Å². The van der Waals surface area contributed by atoms with Gasteiger partial charge < -0.3 is 4.74 Å². The van der Waals surface area contributed by atoms with E-state index in [2.05, 4.69) is 6.92 Å². The van der Waals surface area contributed by atoms with E-state index in [0.29, 0.717) is 6.10 Å². The molecule has 1 atom stereocenters. The van der Waals surface area contributed by atoms with Crippen molar-refractivity contribution in [1.82, 2.24) is 0 Å². The summed E-state index contributed by atoms with van der Waals surface area (Å²) in [5.41, 5.74) is 0. The highest BCUT2D eigenvalue weighted by Gasteiger charge is 2.32. The number of methoxy groups -OCH3 is 1. The van der Waals surface area contributed by atoms with E-state index in [9.17, 15) is 4.57 Å². The number of rotatable bonds is 11. The minimum Gasteiger partial charge on any atom is -0.373 e. The molecule has 0 rings (SSSR count). The molecule has 0 saturated carbocycles. The molecule has 6 heteroatoms. The summed E-state index contributed by atoms with van der Waals surface area (Å²) in [4.78, 5) is 0. The second-order valence-corrected chi connectivity index (χ2v) is 5.46. The Labute approximate surface area is 111 Å². The average molecular weight is 281 g/mol. The number of phosphoric ester groups is 1. The van der Waals surface area contributed by atoms with Crippen LogP contribution in [-0.2, 0) is 22.9 Å². The van der Waals surface area contributed by atoms with Crippen LogP contribution in [0.2, 0.25) is 0 Å². The summed E-state index contributed by atoms with van der Waals surface area (Å²) in [6, 6.07) is 0. The van der Waals surface area contributed by atoms with Gasteiger partial charge in [-0.3, -0.25) is 13.6 Å². The van der Waals surface area contributed by atoms with Gasteiger partial charge in [-0.2, -0.15) is 0 Å². The van der Waals surface area contributed by atoms with Crippen molar-refractivity contribution in [2.45, 2.75) is 53.1 Å². The van der Waals surface area contributed by atoms with Gasteiger partial charge in [-0.25, -0.2) is 4.57 Å². The second kappa shape index (κ2) is 9.93. The Bertz CT molecular complexity index is 237. The van der Waals surface area contributed by atoms with E-state index < -0.39 is 7.82 Å². The van der Waals surface area contributed by atoms with Crippen LogP contribution in [0.15, 0.2) is 0 Å². The first-order chi connectivity index (χ1) is 8.52. The van der Waals surface area contributed by atoms with Crippen molar-refractivity contribution in [2.24, 2.45) is 0 Å². The van der Waals surface area contributed by atoms with E-state index in [1.165, 1.54) is 0 Å². The Morgan fingerprint density at radius 3 is 2.11 bits per heavy atom. The molecule has 0 aliphatic rings. The number of hydrogen-bond acceptors (Lipinski definition) is 5. The van der Waals surface area contributed by atoms with Gasteiger partial charge in [0, 0.05) is 7.11 Å². The van der Waals surface area contributed by atoms with E-state index in [0.717, 1.165) is 19.3 Å². The van der Waals surface area contributed by atoms with Gasteiger partial charge in [-0.15, -0.1) is 0 Å². The van der Waals surface area contributed by atoms with E-state index >= 15 is 0 Å². The van der Waals surface area contributed by atoms with Crippen LogP contribution >= 0.6 is 7.82 Å². The van der Waals surface area contributed by atoms with Crippen LogP contribution in [0.4, 0.5) is 0 Å². The van der Waals surface area contributed by atoms with Crippen molar-refractivity contribution < 1.29 is 22.9 Å². The fourth-order valence-corrected chi connectivity index (χ4v) is 2.82. The highest BCUT2D eigenvalue weighted by Crippen LogP contribution is 2.51. The third-order valence-electron chi connectivity index (χ3n) is 2.43. The van der Waals surface area contributed by atoms with Gasteiger partial charge in [0.15, 0.2) is 0 Å². The molecule has 0 heterocycles. The van der Waals surface area contributed by atoms with Gasteiger partial charge in [0.2, 0.25) is 0 Å². The van der Waals surface area contributed by atoms with Gasteiger partial charge in [-0.1, -0.05) is 19.8 Å². The summed E-state index contributed by atoms with van der Waals surface area (Å²) in [6.45, 7) is 7.96. The highest BCUT2D eigenvalue weighted by atomic mass is 31.2. The van der Waals surface area contributed by atoms with Crippen LogP contribution in [0.5, 0.6) is 0 Å². The lowest BCUT2D eigenvalue weighted by Gasteiger charge is -2.26. The van der Waals surface area contributed by atoms with E-state index in [-0.39, 0.29) is 19.3 Å². The maximum Gasteiger partial charge on any atom is 0.475 e. The van der Waals surface area contributed by atoms with Crippen LogP contribution in [-0.4, -0.2) is 26.4 Å². The van der Waals surface area contributed by atoms with Gasteiger partial charge in [-0.05, 0) is 27.2 Å². The molecule has 0 aromatic rings. The zero-order valence-corrected chi connectivity index (χ0v) is 13.0. The quantitative estimate of drug-likeness (QED) is 0.537. The van der Waals surface area contributed by atoms with E-state index in [1.807, 2.05) is 6.92 Å². The van der Waals surface area contributed by atoms with Crippen molar-refractivity contribution in [3.05, 3.63) is 6.10 Å². The first-order valence-electron chi connectivity index (χ1n) is 6.47. The molecule has 109 valence electrons. The molecule has 18 heavy (non-hydrogen) atoms. The molecule has 0 bridgehead atoms. The van der Waals surface area contributed by atoms with Crippen LogP contribution in [0.1, 0.15) is 47.0 Å². The summed E-state index contributed by atoms with van der Waals surface area (Å²) in [5, 5.41) is 0. The molecule has 0 amide bonds. The predicted molar refractivity (Wildman–Crippen MR) is 71.2 cm³/mol. The summed E-state index contributed by atoms with van der Waals surface area (Å²) >= 11 is 0. The number of phosphoric acid groups is 1. The van der Waals surface area contributed by atoms with Crippen molar-refractivity contribution in [3.63, 3.8) is 0 Å². The predicted octanol–water partition coefficient (Wildman–Crippen LogP) is 3.94. The third kappa shape index (κ3) is 6.86. The van der Waals surface area contributed by atoms with E-state index in [1.54, 1.807) is 21.0 Å². The topological polar surface area (TPSA) is 54.0 Å². The first kappa shape index (κ1) is 18.1. The van der Waals surface area contributed by atoms with Gasteiger partial charge in [0.1, 0.15) is 12.2 Å². The average Bonchev–Trinajstić information content (AvgIpc) is 2.34. The smallest absolute Gasteiger partial charge is 0.373 e. The molecule has 0 spiro atoms. The summed E-state index contributed by atoms with van der Waals surface area (Å²) in [6.07, 6.45) is 3.05.